The van der Waals surface area contributed by atoms with Crippen molar-refractivity contribution in [2.24, 2.45) is 0 Å². The number of hydrogen-bond acceptors (Lipinski definition) is 3. The van der Waals surface area contributed by atoms with E-state index in [-0.39, 0.29) is 6.67 Å². The molecule has 5 nitrogen and oxygen atoms in total. The van der Waals surface area contributed by atoms with Crippen LogP contribution < -0.4 is 14.8 Å². The normalized spacial score (nSPS) is 11.8. The summed E-state index contributed by atoms with van der Waals surface area (Å²) in [6, 6.07) is 0. The average molecular weight is 153 g/mol. The lowest BCUT2D eigenvalue weighted by molar-refractivity contribution is 0.568. The van der Waals surface area contributed by atoms with Crippen LogP contribution in [0.1, 0.15) is 0 Å². The van der Waals surface area contributed by atoms with Gasteiger partial charge in [0.15, 0.2) is 0 Å². The van der Waals surface area contributed by atoms with Gasteiger partial charge in [-0.05, 0) is 7.05 Å². The van der Waals surface area contributed by atoms with Crippen molar-refractivity contribution in [2.45, 2.75) is 0 Å². The van der Waals surface area contributed by atoms with Crippen molar-refractivity contribution in [1.82, 2.24) is 14.8 Å². The maximum atomic E-state index is 10.5. The van der Waals surface area contributed by atoms with E-state index in [1.807, 2.05) is 0 Å². The van der Waals surface area contributed by atoms with Crippen LogP contribution in [0.3, 0.4) is 0 Å². The molecule has 0 saturated carbocycles. The summed E-state index contributed by atoms with van der Waals surface area (Å²) in [6.07, 6.45) is 0. The molecule has 0 aromatic rings. The molecule has 0 amide bonds. The van der Waals surface area contributed by atoms with Crippen molar-refractivity contribution in [1.29, 1.82) is 0 Å². The Hall–Kier alpha value is -0.170. The maximum Gasteiger partial charge on any atom is 0.277 e. The molecule has 0 aromatic carbocycles. The van der Waals surface area contributed by atoms with Crippen LogP contribution in [0.5, 0.6) is 0 Å². The van der Waals surface area contributed by atoms with Crippen LogP contribution in [0.4, 0.5) is 0 Å². The quantitative estimate of drug-likeness (QED) is 0.418. The van der Waals surface area contributed by atoms with Crippen LogP contribution in [-0.2, 0) is 10.2 Å². The van der Waals surface area contributed by atoms with Crippen LogP contribution in [0, 0.1) is 0 Å². The molecule has 56 valence electrons. The van der Waals surface area contributed by atoms with Crippen LogP contribution in [0.15, 0.2) is 0 Å². The summed E-state index contributed by atoms with van der Waals surface area (Å²) in [6.45, 7) is 0.239. The Bertz CT molecular complexity index is 152. The van der Waals surface area contributed by atoms with E-state index in [0.717, 1.165) is 0 Å². The van der Waals surface area contributed by atoms with Gasteiger partial charge in [-0.3, -0.25) is 0 Å². The predicted octanol–water partition coefficient (Wildman–Crippen LogP) is -1.78. The molecule has 0 heterocycles. The lowest BCUT2D eigenvalue weighted by Crippen LogP contribution is -2.38. The highest BCUT2D eigenvalue weighted by Gasteiger charge is 2.00. The molecule has 0 aliphatic rings. The third-order valence-corrected chi connectivity index (χ3v) is 1.77. The molecule has 0 saturated heterocycles. The van der Waals surface area contributed by atoms with Gasteiger partial charge in [0, 0.05) is 7.05 Å². The van der Waals surface area contributed by atoms with Gasteiger partial charge in [-0.25, -0.2) is 4.72 Å². The lowest BCUT2D eigenvalue weighted by atomic mass is 11.1. The summed E-state index contributed by atoms with van der Waals surface area (Å²) < 4.78 is 25.3. The zero-order valence-electron chi connectivity index (χ0n) is 5.43. The number of nitrogens with one attached hydrogen (secondary N) is 3. The monoisotopic (exact) mass is 153 g/mol. The minimum absolute atomic E-state index is 0.239. The molecule has 0 fully saturated rings. The standard InChI is InChI=1S/C3H11N3O2S/c1-4-3-6-9(7,8)5-2/h4-6H,3H2,1-2H3. The summed E-state index contributed by atoms with van der Waals surface area (Å²) in [5.41, 5.74) is 0. The Morgan fingerprint density at radius 1 is 1.33 bits per heavy atom. The second kappa shape index (κ2) is 3.78. The lowest BCUT2D eigenvalue weighted by Gasteiger charge is -2.01. The Morgan fingerprint density at radius 2 is 1.89 bits per heavy atom. The van der Waals surface area contributed by atoms with Gasteiger partial charge in [0.2, 0.25) is 0 Å². The zero-order chi connectivity index (χ0) is 7.33. The Balaban J connectivity index is 3.61. The van der Waals surface area contributed by atoms with Crippen LogP contribution >= 0.6 is 0 Å². The molecule has 0 unspecified atom stereocenters. The fourth-order valence-electron chi connectivity index (χ4n) is 0.239. The topological polar surface area (TPSA) is 70.2 Å². The Morgan fingerprint density at radius 3 is 2.22 bits per heavy atom. The highest BCUT2D eigenvalue weighted by molar-refractivity contribution is 7.87. The zero-order valence-corrected chi connectivity index (χ0v) is 6.25. The van der Waals surface area contributed by atoms with Crippen molar-refractivity contribution in [3.8, 4) is 0 Å². The highest BCUT2D eigenvalue weighted by Crippen LogP contribution is 1.67. The highest BCUT2D eigenvalue weighted by atomic mass is 32.2. The molecular formula is C3H11N3O2S. The van der Waals surface area contributed by atoms with Gasteiger partial charge >= 0.3 is 0 Å². The molecule has 9 heavy (non-hydrogen) atoms. The van der Waals surface area contributed by atoms with Gasteiger partial charge in [-0.2, -0.15) is 13.1 Å². The third-order valence-electron chi connectivity index (χ3n) is 0.708. The Labute approximate surface area is 55.0 Å². The van der Waals surface area contributed by atoms with Gasteiger partial charge in [-0.1, -0.05) is 0 Å². The van der Waals surface area contributed by atoms with E-state index in [1.54, 1.807) is 7.05 Å². The largest absolute Gasteiger partial charge is 0.307 e. The SMILES string of the molecule is CNCNS(=O)(=O)NC. The molecular weight excluding hydrogens is 142 g/mol. The van der Waals surface area contributed by atoms with E-state index in [0.29, 0.717) is 0 Å². The third kappa shape index (κ3) is 4.34. The molecule has 0 radical (unpaired) electrons. The molecule has 0 bridgehead atoms. The van der Waals surface area contributed by atoms with E-state index in [4.69, 9.17) is 0 Å². The molecule has 6 heteroatoms. The summed E-state index contributed by atoms with van der Waals surface area (Å²) in [5.74, 6) is 0. The van der Waals surface area contributed by atoms with E-state index in [9.17, 15) is 8.42 Å². The average Bonchev–Trinajstić information content (AvgIpc) is 1.84. The minimum Gasteiger partial charge on any atom is -0.307 e. The molecule has 0 rings (SSSR count). The maximum absolute atomic E-state index is 10.5. The van der Waals surface area contributed by atoms with E-state index in [1.165, 1.54) is 7.05 Å². The summed E-state index contributed by atoms with van der Waals surface area (Å²) in [4.78, 5) is 0. The Kier molecular flexibility index (Phi) is 3.71. The van der Waals surface area contributed by atoms with Crippen LogP contribution in [0.2, 0.25) is 0 Å². The van der Waals surface area contributed by atoms with Crippen molar-refractivity contribution in [3.05, 3.63) is 0 Å². The van der Waals surface area contributed by atoms with Crippen molar-refractivity contribution >= 4 is 10.2 Å². The second-order valence-electron chi connectivity index (χ2n) is 1.38. The number of hydrogen-bond donors (Lipinski definition) is 3. The molecule has 0 atom stereocenters. The smallest absolute Gasteiger partial charge is 0.277 e. The van der Waals surface area contributed by atoms with Gasteiger partial charge in [0.1, 0.15) is 0 Å². The van der Waals surface area contributed by atoms with Crippen LogP contribution in [0.25, 0.3) is 0 Å². The van der Waals surface area contributed by atoms with Gasteiger partial charge in [0.05, 0.1) is 6.67 Å². The minimum atomic E-state index is -3.24. The molecule has 3 N–H and O–H groups in total. The molecule has 0 spiro atoms. The van der Waals surface area contributed by atoms with Crippen molar-refractivity contribution < 1.29 is 8.42 Å². The first-order valence-corrected chi connectivity index (χ1v) is 3.93. The fraction of sp³-hybridized carbons (Fsp3) is 1.00. The first-order valence-electron chi connectivity index (χ1n) is 2.45. The summed E-state index contributed by atoms with van der Waals surface area (Å²) >= 11 is 0. The van der Waals surface area contributed by atoms with E-state index >= 15 is 0 Å². The molecule has 0 aromatic heterocycles. The first kappa shape index (κ1) is 8.83. The number of rotatable bonds is 4. The fourth-order valence-corrected chi connectivity index (χ4v) is 0.718. The summed E-state index contributed by atoms with van der Waals surface area (Å²) in [7, 11) is -0.248. The predicted molar refractivity (Wildman–Crippen MR) is 35.0 cm³/mol. The van der Waals surface area contributed by atoms with Crippen molar-refractivity contribution in [2.75, 3.05) is 20.8 Å². The van der Waals surface area contributed by atoms with Gasteiger partial charge in [0.25, 0.3) is 10.2 Å². The summed E-state index contributed by atoms with van der Waals surface area (Å²) in [5, 5.41) is 2.63. The van der Waals surface area contributed by atoms with Gasteiger partial charge < -0.3 is 5.32 Å². The van der Waals surface area contributed by atoms with Gasteiger partial charge in [-0.15, -0.1) is 0 Å². The second-order valence-corrected chi connectivity index (χ2v) is 3.09. The molecule has 0 aliphatic carbocycles. The molecule has 0 aliphatic heterocycles. The van der Waals surface area contributed by atoms with E-state index < -0.39 is 10.2 Å². The van der Waals surface area contributed by atoms with E-state index in [2.05, 4.69) is 14.8 Å². The van der Waals surface area contributed by atoms with Crippen LogP contribution in [-0.4, -0.2) is 29.2 Å². The van der Waals surface area contributed by atoms with Crippen molar-refractivity contribution in [3.63, 3.8) is 0 Å². The first-order chi connectivity index (χ1) is 4.12.